The summed E-state index contributed by atoms with van der Waals surface area (Å²) in [5.41, 5.74) is 2.13. The van der Waals surface area contributed by atoms with Crippen LogP contribution < -0.4 is 0 Å². The molecular formula is C15H20BrNO3. The lowest BCUT2D eigenvalue weighted by Gasteiger charge is -2.22. The van der Waals surface area contributed by atoms with Crippen molar-refractivity contribution < 1.29 is 14.6 Å². The summed E-state index contributed by atoms with van der Waals surface area (Å²) in [4.78, 5) is 14.1. The van der Waals surface area contributed by atoms with E-state index >= 15 is 0 Å². The third kappa shape index (κ3) is 3.40. The summed E-state index contributed by atoms with van der Waals surface area (Å²) in [6.45, 7) is 2.57. The van der Waals surface area contributed by atoms with Crippen molar-refractivity contribution in [1.82, 2.24) is 4.90 Å². The van der Waals surface area contributed by atoms with Crippen LogP contribution >= 0.6 is 15.9 Å². The maximum Gasteiger partial charge on any atom is 0.227 e. The minimum absolute atomic E-state index is 0.0107. The van der Waals surface area contributed by atoms with Crippen molar-refractivity contribution >= 4 is 21.8 Å². The van der Waals surface area contributed by atoms with Crippen LogP contribution in [0.2, 0.25) is 0 Å². The third-order valence-corrected chi connectivity index (χ3v) is 4.69. The van der Waals surface area contributed by atoms with Gasteiger partial charge >= 0.3 is 0 Å². The highest BCUT2D eigenvalue weighted by Gasteiger charge is 2.34. The molecule has 1 fully saturated rings. The third-order valence-electron chi connectivity index (χ3n) is 3.83. The lowest BCUT2D eigenvalue weighted by Crippen LogP contribution is -2.39. The first-order chi connectivity index (χ1) is 9.55. The topological polar surface area (TPSA) is 49.8 Å². The molecule has 0 radical (unpaired) electrons. The van der Waals surface area contributed by atoms with Crippen LogP contribution in [0.4, 0.5) is 0 Å². The number of likely N-dealkylation sites (tertiary alicyclic amines) is 1. The van der Waals surface area contributed by atoms with Crippen LogP contribution in [0.25, 0.3) is 0 Å². The molecule has 0 spiro atoms. The van der Waals surface area contributed by atoms with Gasteiger partial charge in [-0.1, -0.05) is 28.1 Å². The summed E-state index contributed by atoms with van der Waals surface area (Å²) in [7, 11) is 1.64. The Morgan fingerprint density at radius 2 is 2.30 bits per heavy atom. The fraction of sp³-hybridized carbons (Fsp3) is 0.533. The number of benzene rings is 1. The van der Waals surface area contributed by atoms with Crippen LogP contribution in [-0.2, 0) is 16.0 Å². The molecule has 110 valence electrons. The van der Waals surface area contributed by atoms with Gasteiger partial charge in [0, 0.05) is 18.1 Å². The van der Waals surface area contributed by atoms with Gasteiger partial charge in [-0.05, 0) is 30.5 Å². The molecule has 1 heterocycles. The standard InChI is InChI=1S/C15H20BrNO3/c1-10-3-4-11(5-14(10)16)6-15(19)17-8-13(20-2)7-12(17)9-18/h3-5,12-13,18H,6-9H2,1-2H3/t12-,13+/m0/s1. The van der Waals surface area contributed by atoms with Gasteiger partial charge in [0.25, 0.3) is 0 Å². The van der Waals surface area contributed by atoms with E-state index in [9.17, 15) is 9.90 Å². The smallest absolute Gasteiger partial charge is 0.227 e. The molecule has 0 aromatic heterocycles. The van der Waals surface area contributed by atoms with E-state index in [0.717, 1.165) is 15.6 Å². The number of methoxy groups -OCH3 is 1. The van der Waals surface area contributed by atoms with E-state index in [4.69, 9.17) is 4.74 Å². The number of halogens is 1. The fourth-order valence-electron chi connectivity index (χ4n) is 2.55. The molecule has 1 aromatic carbocycles. The Kier molecular flexibility index (Phi) is 5.18. The predicted molar refractivity (Wildman–Crippen MR) is 80.6 cm³/mol. The van der Waals surface area contributed by atoms with Gasteiger partial charge in [0.2, 0.25) is 5.91 Å². The van der Waals surface area contributed by atoms with Crippen LogP contribution in [0.3, 0.4) is 0 Å². The Labute approximate surface area is 127 Å². The van der Waals surface area contributed by atoms with E-state index in [0.29, 0.717) is 19.4 Å². The second-order valence-corrected chi connectivity index (χ2v) is 6.09. The largest absolute Gasteiger partial charge is 0.394 e. The minimum atomic E-state index is -0.124. The van der Waals surface area contributed by atoms with Gasteiger partial charge in [-0.3, -0.25) is 4.79 Å². The Hall–Kier alpha value is -0.910. The summed E-state index contributed by atoms with van der Waals surface area (Å²) < 4.78 is 6.31. The second-order valence-electron chi connectivity index (χ2n) is 5.24. The molecule has 0 unspecified atom stereocenters. The van der Waals surface area contributed by atoms with Crippen LogP contribution in [0.1, 0.15) is 17.5 Å². The molecule has 0 saturated carbocycles. The molecule has 20 heavy (non-hydrogen) atoms. The molecule has 1 aliphatic heterocycles. The van der Waals surface area contributed by atoms with Crippen molar-refractivity contribution in [3.8, 4) is 0 Å². The average Bonchev–Trinajstić information content (AvgIpc) is 2.86. The number of aliphatic hydroxyl groups excluding tert-OH is 1. The first-order valence-corrected chi connectivity index (χ1v) is 7.52. The first kappa shape index (κ1) is 15.5. The number of nitrogens with zero attached hydrogens (tertiary/aromatic N) is 1. The molecule has 1 saturated heterocycles. The molecule has 2 atom stereocenters. The molecule has 2 rings (SSSR count). The van der Waals surface area contributed by atoms with Crippen LogP contribution in [-0.4, -0.2) is 48.3 Å². The van der Waals surface area contributed by atoms with E-state index in [2.05, 4.69) is 15.9 Å². The molecule has 0 bridgehead atoms. The molecule has 4 nitrogen and oxygen atoms in total. The van der Waals surface area contributed by atoms with E-state index in [1.54, 1.807) is 12.0 Å². The Morgan fingerprint density at radius 3 is 2.90 bits per heavy atom. The second kappa shape index (κ2) is 6.70. The molecule has 1 N–H and O–H groups in total. The Balaban J connectivity index is 2.05. The van der Waals surface area contributed by atoms with Crippen molar-refractivity contribution in [2.75, 3.05) is 20.3 Å². The number of carbonyl (C=O) groups excluding carboxylic acids is 1. The molecule has 1 aromatic rings. The highest BCUT2D eigenvalue weighted by atomic mass is 79.9. The van der Waals surface area contributed by atoms with Gasteiger partial charge in [0.15, 0.2) is 0 Å². The van der Waals surface area contributed by atoms with Gasteiger partial charge in [0.05, 0.1) is 25.2 Å². The van der Waals surface area contributed by atoms with E-state index in [-0.39, 0.29) is 24.7 Å². The lowest BCUT2D eigenvalue weighted by atomic mass is 10.1. The molecule has 1 aliphatic rings. The Morgan fingerprint density at radius 1 is 1.55 bits per heavy atom. The van der Waals surface area contributed by atoms with E-state index < -0.39 is 0 Å². The number of rotatable bonds is 4. The van der Waals surface area contributed by atoms with E-state index in [1.807, 2.05) is 25.1 Å². The van der Waals surface area contributed by atoms with Crippen molar-refractivity contribution in [1.29, 1.82) is 0 Å². The zero-order valence-electron chi connectivity index (χ0n) is 11.8. The highest BCUT2D eigenvalue weighted by molar-refractivity contribution is 9.10. The molecule has 1 amide bonds. The molecule has 0 aliphatic carbocycles. The summed E-state index contributed by atoms with van der Waals surface area (Å²) >= 11 is 3.48. The SMILES string of the molecule is CO[C@@H]1C[C@@H](CO)N(C(=O)Cc2ccc(C)c(Br)c2)C1. The zero-order chi connectivity index (χ0) is 14.7. The monoisotopic (exact) mass is 341 g/mol. The molecule has 5 heteroatoms. The number of carbonyl (C=O) groups is 1. The molecular weight excluding hydrogens is 322 g/mol. The number of hydrogen-bond acceptors (Lipinski definition) is 3. The fourth-order valence-corrected chi connectivity index (χ4v) is 2.97. The highest BCUT2D eigenvalue weighted by Crippen LogP contribution is 2.22. The Bertz CT molecular complexity index is 492. The number of aliphatic hydroxyl groups is 1. The van der Waals surface area contributed by atoms with Crippen LogP contribution in [0.15, 0.2) is 22.7 Å². The summed E-state index contributed by atoms with van der Waals surface area (Å²) in [6.07, 6.45) is 1.09. The summed E-state index contributed by atoms with van der Waals surface area (Å²) in [5.74, 6) is 0.0411. The van der Waals surface area contributed by atoms with Gasteiger partial charge in [-0.15, -0.1) is 0 Å². The summed E-state index contributed by atoms with van der Waals surface area (Å²) in [5, 5.41) is 9.39. The maximum atomic E-state index is 12.4. The first-order valence-electron chi connectivity index (χ1n) is 6.73. The number of amides is 1. The van der Waals surface area contributed by atoms with Gasteiger partial charge < -0.3 is 14.7 Å². The zero-order valence-corrected chi connectivity index (χ0v) is 13.4. The van der Waals surface area contributed by atoms with Gasteiger partial charge in [0.1, 0.15) is 0 Å². The number of hydrogen-bond donors (Lipinski definition) is 1. The minimum Gasteiger partial charge on any atom is -0.394 e. The quantitative estimate of drug-likeness (QED) is 0.909. The summed E-state index contributed by atoms with van der Waals surface area (Å²) in [6, 6.07) is 5.82. The van der Waals surface area contributed by atoms with Gasteiger partial charge in [-0.2, -0.15) is 0 Å². The van der Waals surface area contributed by atoms with Crippen molar-refractivity contribution in [3.63, 3.8) is 0 Å². The van der Waals surface area contributed by atoms with Crippen LogP contribution in [0, 0.1) is 6.92 Å². The van der Waals surface area contributed by atoms with Crippen molar-refractivity contribution in [2.24, 2.45) is 0 Å². The number of ether oxygens (including phenoxy) is 1. The van der Waals surface area contributed by atoms with Crippen molar-refractivity contribution in [2.45, 2.75) is 31.9 Å². The van der Waals surface area contributed by atoms with Crippen molar-refractivity contribution in [3.05, 3.63) is 33.8 Å². The normalized spacial score (nSPS) is 22.3. The average molecular weight is 342 g/mol. The number of aryl methyl sites for hydroxylation is 1. The predicted octanol–water partition coefficient (Wildman–Crippen LogP) is 1.91. The van der Waals surface area contributed by atoms with Crippen LogP contribution in [0.5, 0.6) is 0 Å². The van der Waals surface area contributed by atoms with E-state index in [1.165, 1.54) is 0 Å². The lowest BCUT2D eigenvalue weighted by molar-refractivity contribution is -0.132. The maximum absolute atomic E-state index is 12.4. The van der Waals surface area contributed by atoms with Gasteiger partial charge in [-0.25, -0.2) is 0 Å².